The molecule has 3 aromatic rings. The van der Waals surface area contributed by atoms with Gasteiger partial charge < -0.3 is 4.57 Å². The van der Waals surface area contributed by atoms with Gasteiger partial charge >= 0.3 is 0 Å². The highest BCUT2D eigenvalue weighted by Crippen LogP contribution is 2.34. The summed E-state index contributed by atoms with van der Waals surface area (Å²) in [7, 11) is 2.00. The molecule has 0 amide bonds. The molecule has 0 saturated carbocycles. The first-order valence-electron chi connectivity index (χ1n) is 6.13. The van der Waals surface area contributed by atoms with Gasteiger partial charge in [-0.1, -0.05) is 24.3 Å². The van der Waals surface area contributed by atoms with Gasteiger partial charge in [-0.05, 0) is 35.3 Å². The topological polar surface area (TPSA) is 30.7 Å². The SMILES string of the molecule is Cc1nc(-c2ccccc2C)c2c(Br)cn(C)c2n1. The van der Waals surface area contributed by atoms with Gasteiger partial charge in [0.2, 0.25) is 0 Å². The van der Waals surface area contributed by atoms with Gasteiger partial charge in [0, 0.05) is 23.3 Å². The first-order chi connectivity index (χ1) is 9.08. The van der Waals surface area contributed by atoms with Crippen molar-refractivity contribution < 1.29 is 0 Å². The summed E-state index contributed by atoms with van der Waals surface area (Å²) in [4.78, 5) is 9.19. The number of benzene rings is 1. The third-order valence-corrected chi connectivity index (χ3v) is 3.88. The third-order valence-electron chi connectivity index (χ3n) is 3.28. The van der Waals surface area contributed by atoms with Crippen LogP contribution in [0.4, 0.5) is 0 Å². The molecule has 0 aliphatic carbocycles. The van der Waals surface area contributed by atoms with Gasteiger partial charge in [-0.2, -0.15) is 0 Å². The van der Waals surface area contributed by atoms with Crippen molar-refractivity contribution in [1.29, 1.82) is 0 Å². The highest BCUT2D eigenvalue weighted by molar-refractivity contribution is 9.10. The molecule has 0 bridgehead atoms. The lowest BCUT2D eigenvalue weighted by molar-refractivity contribution is 0.931. The van der Waals surface area contributed by atoms with Gasteiger partial charge in [-0.3, -0.25) is 0 Å². The molecule has 3 rings (SSSR count). The van der Waals surface area contributed by atoms with Crippen molar-refractivity contribution in [2.75, 3.05) is 0 Å². The van der Waals surface area contributed by atoms with Crippen molar-refractivity contribution in [3.8, 4) is 11.3 Å². The van der Waals surface area contributed by atoms with Crippen molar-refractivity contribution in [2.45, 2.75) is 13.8 Å². The van der Waals surface area contributed by atoms with E-state index < -0.39 is 0 Å². The number of aryl methyl sites for hydroxylation is 3. The summed E-state index contributed by atoms with van der Waals surface area (Å²) < 4.78 is 3.05. The molecule has 19 heavy (non-hydrogen) atoms. The Morgan fingerprint density at radius 1 is 1.11 bits per heavy atom. The molecule has 96 valence electrons. The summed E-state index contributed by atoms with van der Waals surface area (Å²) in [6, 6.07) is 8.30. The van der Waals surface area contributed by atoms with Gasteiger partial charge in [0.25, 0.3) is 0 Å². The normalized spacial score (nSPS) is 11.2. The Kier molecular flexibility index (Phi) is 2.90. The summed E-state index contributed by atoms with van der Waals surface area (Å²) >= 11 is 3.61. The van der Waals surface area contributed by atoms with Crippen LogP contribution in [0.15, 0.2) is 34.9 Å². The fraction of sp³-hybridized carbons (Fsp3) is 0.200. The van der Waals surface area contributed by atoms with E-state index in [2.05, 4.69) is 45.0 Å². The maximum atomic E-state index is 4.65. The molecule has 0 fully saturated rings. The van der Waals surface area contributed by atoms with Crippen LogP contribution in [-0.2, 0) is 7.05 Å². The van der Waals surface area contributed by atoms with Gasteiger partial charge in [0.05, 0.1) is 11.1 Å². The number of hydrogen-bond donors (Lipinski definition) is 0. The lowest BCUT2D eigenvalue weighted by atomic mass is 10.0. The van der Waals surface area contributed by atoms with E-state index in [1.165, 1.54) is 5.56 Å². The molecule has 0 unspecified atom stereocenters. The van der Waals surface area contributed by atoms with Crippen LogP contribution in [0.3, 0.4) is 0 Å². The minimum atomic E-state index is 0.791. The Labute approximate surface area is 120 Å². The minimum absolute atomic E-state index is 0.791. The van der Waals surface area contributed by atoms with E-state index >= 15 is 0 Å². The molecule has 0 aliphatic rings. The maximum absolute atomic E-state index is 4.65. The maximum Gasteiger partial charge on any atom is 0.145 e. The second-order valence-corrected chi connectivity index (χ2v) is 5.58. The van der Waals surface area contributed by atoms with Gasteiger partial charge in [0.15, 0.2) is 0 Å². The van der Waals surface area contributed by atoms with E-state index in [0.29, 0.717) is 0 Å². The molecule has 2 heterocycles. The number of aromatic nitrogens is 3. The number of halogens is 1. The van der Waals surface area contributed by atoms with Crippen LogP contribution in [0.1, 0.15) is 11.4 Å². The van der Waals surface area contributed by atoms with Gasteiger partial charge in [-0.15, -0.1) is 0 Å². The summed E-state index contributed by atoms with van der Waals surface area (Å²) in [5.74, 6) is 0.791. The quantitative estimate of drug-likeness (QED) is 0.679. The average Bonchev–Trinajstić information content (AvgIpc) is 2.65. The zero-order valence-corrected chi connectivity index (χ0v) is 12.7. The Bertz CT molecular complexity index is 774. The van der Waals surface area contributed by atoms with Crippen molar-refractivity contribution in [3.05, 3.63) is 46.3 Å². The third kappa shape index (κ3) is 1.96. The molecule has 1 aromatic carbocycles. The summed E-state index contributed by atoms with van der Waals surface area (Å²) in [6.07, 6.45) is 2.03. The Balaban J connectivity index is 2.44. The van der Waals surface area contributed by atoms with Gasteiger partial charge in [-0.25, -0.2) is 9.97 Å². The van der Waals surface area contributed by atoms with Crippen LogP contribution in [0.2, 0.25) is 0 Å². The molecule has 0 atom stereocenters. The molecular weight excluding hydrogens is 302 g/mol. The molecule has 0 saturated heterocycles. The summed E-state index contributed by atoms with van der Waals surface area (Å²) in [5, 5.41) is 1.07. The van der Waals surface area contributed by atoms with Crippen molar-refractivity contribution in [3.63, 3.8) is 0 Å². The molecule has 4 heteroatoms. The predicted octanol–water partition coefficient (Wildman–Crippen LogP) is 4.01. The Morgan fingerprint density at radius 2 is 1.84 bits per heavy atom. The second kappa shape index (κ2) is 4.46. The monoisotopic (exact) mass is 315 g/mol. The van der Waals surface area contributed by atoms with Crippen LogP contribution >= 0.6 is 15.9 Å². The number of hydrogen-bond acceptors (Lipinski definition) is 2. The molecule has 2 aromatic heterocycles. The fourth-order valence-corrected chi connectivity index (χ4v) is 3.03. The van der Waals surface area contributed by atoms with Crippen molar-refractivity contribution in [2.24, 2.45) is 7.05 Å². The first-order valence-corrected chi connectivity index (χ1v) is 6.92. The fourth-order valence-electron chi connectivity index (χ4n) is 2.36. The highest BCUT2D eigenvalue weighted by Gasteiger charge is 2.15. The molecule has 0 radical (unpaired) electrons. The zero-order chi connectivity index (χ0) is 13.6. The van der Waals surface area contributed by atoms with Crippen molar-refractivity contribution in [1.82, 2.24) is 14.5 Å². The van der Waals surface area contributed by atoms with Crippen LogP contribution in [-0.4, -0.2) is 14.5 Å². The van der Waals surface area contributed by atoms with E-state index in [1.54, 1.807) is 0 Å². The lowest BCUT2D eigenvalue weighted by Crippen LogP contribution is -1.97. The number of rotatable bonds is 1. The second-order valence-electron chi connectivity index (χ2n) is 4.72. The Hall–Kier alpha value is -1.68. The smallest absolute Gasteiger partial charge is 0.145 e. The molecule has 0 N–H and O–H groups in total. The molecule has 0 spiro atoms. The predicted molar refractivity (Wildman–Crippen MR) is 81.1 cm³/mol. The Morgan fingerprint density at radius 3 is 2.58 bits per heavy atom. The van der Waals surface area contributed by atoms with E-state index in [1.807, 2.05) is 36.9 Å². The zero-order valence-electron chi connectivity index (χ0n) is 11.1. The summed E-state index contributed by atoms with van der Waals surface area (Å²) in [6.45, 7) is 4.04. The first kappa shape index (κ1) is 12.4. The molecule has 0 aliphatic heterocycles. The van der Waals surface area contributed by atoms with Crippen LogP contribution in [0, 0.1) is 13.8 Å². The minimum Gasteiger partial charge on any atom is -0.334 e. The van der Waals surface area contributed by atoms with E-state index in [9.17, 15) is 0 Å². The standard InChI is InChI=1S/C15H14BrN3/c1-9-6-4-5-7-11(9)14-13-12(16)8-19(3)15(13)18-10(2)17-14/h4-8H,1-3H3. The molecular formula is C15H14BrN3. The largest absolute Gasteiger partial charge is 0.334 e. The van der Waals surface area contributed by atoms with E-state index in [-0.39, 0.29) is 0 Å². The van der Waals surface area contributed by atoms with E-state index in [0.717, 1.165) is 32.6 Å². The summed E-state index contributed by atoms with van der Waals surface area (Å²) in [5.41, 5.74) is 4.33. The highest BCUT2D eigenvalue weighted by atomic mass is 79.9. The number of nitrogens with zero attached hydrogens (tertiary/aromatic N) is 3. The number of fused-ring (bicyclic) bond motifs is 1. The van der Waals surface area contributed by atoms with Gasteiger partial charge in [0.1, 0.15) is 11.5 Å². The van der Waals surface area contributed by atoms with Crippen LogP contribution < -0.4 is 0 Å². The molecule has 3 nitrogen and oxygen atoms in total. The van der Waals surface area contributed by atoms with Crippen molar-refractivity contribution >= 4 is 27.0 Å². The lowest BCUT2D eigenvalue weighted by Gasteiger charge is -2.08. The van der Waals surface area contributed by atoms with Crippen LogP contribution in [0.25, 0.3) is 22.3 Å². The van der Waals surface area contributed by atoms with Crippen LogP contribution in [0.5, 0.6) is 0 Å². The average molecular weight is 316 g/mol. The van der Waals surface area contributed by atoms with E-state index in [4.69, 9.17) is 0 Å².